The number of anilines is 6. The number of aromatic nitrogens is 8. The fourth-order valence-corrected chi connectivity index (χ4v) is 11.6. The molecule has 4 amide bonds. The number of fused-ring (bicyclic) bond motifs is 2. The first-order chi connectivity index (χ1) is 42.0. The number of hydrogen-bond donors (Lipinski definition) is 4. The molecule has 0 radical (unpaired) electrons. The van der Waals surface area contributed by atoms with Crippen molar-refractivity contribution in [2.75, 3.05) is 130 Å². The van der Waals surface area contributed by atoms with Crippen LogP contribution in [0.1, 0.15) is 33.6 Å². The van der Waals surface area contributed by atoms with Gasteiger partial charge in [0.05, 0.1) is 36.0 Å². The van der Waals surface area contributed by atoms with Crippen LogP contribution in [-0.4, -0.2) is 193 Å². The number of nitrogens with two attached hydrogens (primary N) is 1. The van der Waals surface area contributed by atoms with Gasteiger partial charge >= 0.3 is 6.09 Å². The molecule has 24 heteroatoms. The lowest BCUT2D eigenvalue weighted by Crippen LogP contribution is -2.51. The van der Waals surface area contributed by atoms with Crippen molar-refractivity contribution in [3.63, 3.8) is 0 Å². The van der Waals surface area contributed by atoms with Crippen molar-refractivity contribution in [1.29, 1.82) is 0 Å². The Bertz CT molecular complexity index is 3740. The predicted molar refractivity (Wildman–Crippen MR) is 335 cm³/mol. The smallest absolute Gasteiger partial charge is 0.435 e. The molecule has 24 nitrogen and oxygen atoms in total. The minimum atomic E-state index is -0.680. The van der Waals surface area contributed by atoms with E-state index >= 15 is 0 Å². The molecule has 5 N–H and O–H groups in total. The van der Waals surface area contributed by atoms with Crippen LogP contribution >= 0.6 is 0 Å². The second-order valence-electron chi connectivity index (χ2n) is 23.4. The summed E-state index contributed by atoms with van der Waals surface area (Å²) in [6.07, 6.45) is 7.73. The third kappa shape index (κ3) is 14.1. The van der Waals surface area contributed by atoms with Crippen LogP contribution in [0, 0.1) is 11.8 Å². The Morgan fingerprint density at radius 3 is 1.47 bits per heavy atom. The van der Waals surface area contributed by atoms with Crippen LogP contribution in [0.2, 0.25) is 0 Å². The summed E-state index contributed by atoms with van der Waals surface area (Å²) in [5, 5.41) is 19.2. The Morgan fingerprint density at radius 2 is 1.02 bits per heavy atom. The van der Waals surface area contributed by atoms with Gasteiger partial charge in [0.2, 0.25) is 23.6 Å². The normalized spacial score (nSPS) is 17.5. The third-order valence-corrected chi connectivity index (χ3v) is 16.3. The summed E-state index contributed by atoms with van der Waals surface area (Å²) in [5.41, 5.74) is 12.4. The first-order valence-corrected chi connectivity index (χ1v) is 29.6. The minimum absolute atomic E-state index is 0.00680. The SMILES string of the molecule is CC(C)(C)OC(=O)n1nc(N)c2cc(NC(=O)[C@@H]3CCN(CC(=O)N4CCN(c5ccc(-c6ncccn6)cc5)CC4)C3)ccc21.CNc1nn(C)c2ccc(NC(=O)[C@@H]3CCN(CC(=O)N4CCN(c5ccc(-c6ncccn6)cc5)CC4)C3)cc12. The van der Waals surface area contributed by atoms with Gasteiger partial charge in [0, 0.05) is 149 Å². The second kappa shape index (κ2) is 26.0. The molecule has 4 saturated heterocycles. The molecule has 0 aliphatic carbocycles. The molecule has 0 bridgehead atoms. The topological polar surface area (TPSA) is 263 Å². The van der Waals surface area contributed by atoms with Crippen LogP contribution in [0.15, 0.2) is 122 Å². The van der Waals surface area contributed by atoms with Gasteiger partial charge in [-0.15, -0.1) is 5.10 Å². The average molecular weight is 1180 g/mol. The summed E-state index contributed by atoms with van der Waals surface area (Å²) in [5.74, 6) is 2.06. The molecule has 4 aliphatic rings. The average Bonchev–Trinajstić information content (AvgIpc) is 2.18. The highest BCUT2D eigenvalue weighted by atomic mass is 16.6. The van der Waals surface area contributed by atoms with E-state index in [0.29, 0.717) is 93.6 Å². The monoisotopic (exact) mass is 1180 g/mol. The van der Waals surface area contributed by atoms with Crippen molar-refractivity contribution in [2.45, 2.75) is 39.2 Å². The Labute approximate surface area is 504 Å². The van der Waals surface area contributed by atoms with Crippen LogP contribution in [0.25, 0.3) is 44.6 Å². The highest BCUT2D eigenvalue weighted by Crippen LogP contribution is 2.30. The number of likely N-dealkylation sites (tertiary alicyclic amines) is 2. The molecule has 4 aliphatic heterocycles. The summed E-state index contributed by atoms with van der Waals surface area (Å²) in [4.78, 5) is 94.8. The van der Waals surface area contributed by atoms with Crippen molar-refractivity contribution in [3.05, 3.63) is 122 Å². The van der Waals surface area contributed by atoms with Crippen molar-refractivity contribution >= 4 is 85.9 Å². The number of nitrogens with one attached hydrogen (secondary N) is 3. The van der Waals surface area contributed by atoms with Gasteiger partial charge in [-0.05, 0) is 144 Å². The number of amides is 4. The number of nitrogens with zero attached hydrogens (tertiary/aromatic N) is 14. The van der Waals surface area contributed by atoms with Gasteiger partial charge in [0.15, 0.2) is 23.3 Å². The number of ether oxygens (including phenoxy) is 1. The van der Waals surface area contributed by atoms with Crippen molar-refractivity contribution in [1.82, 2.24) is 59.1 Å². The number of aryl methyl sites for hydroxylation is 1. The van der Waals surface area contributed by atoms with Crippen LogP contribution in [-0.2, 0) is 31.0 Å². The number of carbonyl (C=O) groups excluding carboxylic acids is 5. The molecule has 4 fully saturated rings. The number of nitrogen functional groups attached to an aromatic ring is 1. The molecular weight excluding hydrogens is 1100 g/mol. The predicted octanol–water partition coefficient (Wildman–Crippen LogP) is 6.15. The van der Waals surface area contributed by atoms with E-state index in [0.717, 1.165) is 88.7 Å². The van der Waals surface area contributed by atoms with Crippen molar-refractivity contribution < 1.29 is 28.7 Å². The van der Waals surface area contributed by atoms with E-state index in [1.54, 1.807) is 69.8 Å². The zero-order chi connectivity index (χ0) is 60.8. The van der Waals surface area contributed by atoms with E-state index in [1.165, 1.54) is 0 Å². The van der Waals surface area contributed by atoms with Gasteiger partial charge in [-0.1, -0.05) is 0 Å². The van der Waals surface area contributed by atoms with Crippen molar-refractivity contribution in [2.24, 2.45) is 18.9 Å². The zero-order valence-corrected chi connectivity index (χ0v) is 49.8. The van der Waals surface area contributed by atoms with Crippen molar-refractivity contribution in [3.8, 4) is 22.8 Å². The molecule has 2 atom stereocenters. The second-order valence-corrected chi connectivity index (χ2v) is 23.4. The van der Waals surface area contributed by atoms with Gasteiger partial charge in [-0.2, -0.15) is 9.78 Å². The van der Waals surface area contributed by atoms with E-state index in [1.807, 2.05) is 77.1 Å². The largest absolute Gasteiger partial charge is 0.442 e. The van der Waals surface area contributed by atoms with Crippen LogP contribution in [0.4, 0.5) is 39.2 Å². The van der Waals surface area contributed by atoms with Crippen LogP contribution < -0.4 is 31.5 Å². The molecule has 4 aromatic heterocycles. The molecule has 8 aromatic rings. The minimum Gasteiger partial charge on any atom is -0.442 e. The lowest BCUT2D eigenvalue weighted by Gasteiger charge is -2.36. The number of piperazine rings is 2. The maximum absolute atomic E-state index is 13.1. The Hall–Kier alpha value is -9.55. The molecule has 0 unspecified atom stereocenters. The van der Waals surface area contributed by atoms with E-state index in [9.17, 15) is 24.0 Å². The lowest BCUT2D eigenvalue weighted by molar-refractivity contribution is -0.133. The first kappa shape index (κ1) is 59.2. The van der Waals surface area contributed by atoms with E-state index in [4.69, 9.17) is 10.5 Å². The van der Waals surface area contributed by atoms with Gasteiger partial charge in [-0.3, -0.25) is 33.7 Å². The molecule has 0 spiro atoms. The molecule has 452 valence electrons. The highest BCUT2D eigenvalue weighted by Gasteiger charge is 2.34. The molecule has 4 aromatic carbocycles. The fraction of sp³-hybridized carbons (Fsp3) is 0.381. The molecule has 0 saturated carbocycles. The summed E-state index contributed by atoms with van der Waals surface area (Å²) < 4.78 is 8.37. The molecule has 8 heterocycles. The Balaban J connectivity index is 0.000000181. The van der Waals surface area contributed by atoms with Gasteiger partial charge < -0.3 is 46.0 Å². The zero-order valence-electron chi connectivity index (χ0n) is 49.8. The molecular formula is C63H74N18O6. The van der Waals surface area contributed by atoms with Gasteiger partial charge in [0.25, 0.3) is 0 Å². The molecule has 12 rings (SSSR count). The number of carbonyl (C=O) groups is 5. The van der Waals surface area contributed by atoms with E-state index in [2.05, 4.69) is 89.9 Å². The lowest BCUT2D eigenvalue weighted by atomic mass is 10.1. The van der Waals surface area contributed by atoms with Gasteiger partial charge in [0.1, 0.15) is 5.60 Å². The van der Waals surface area contributed by atoms with Crippen LogP contribution in [0.5, 0.6) is 0 Å². The fourth-order valence-electron chi connectivity index (χ4n) is 11.6. The van der Waals surface area contributed by atoms with Gasteiger partial charge in [-0.25, -0.2) is 24.7 Å². The number of hydrogen-bond acceptors (Lipinski definition) is 18. The maximum atomic E-state index is 13.1. The van der Waals surface area contributed by atoms with E-state index in [-0.39, 0.29) is 41.3 Å². The Morgan fingerprint density at radius 1 is 0.575 bits per heavy atom. The summed E-state index contributed by atoms with van der Waals surface area (Å²) in [7, 11) is 3.74. The standard InChI is InChI=1S/C33H39N9O4.C30H35N9O2/c1-33(2,3)46-32(45)42-27-10-7-24(19-26(27)29(34)38-42)37-31(44)23-11-14-39(20-23)21-28(43)41-17-15-40(16-18-41)25-8-5-22(6-9-25)30-35-12-4-13-36-30;1-31-29-25-18-23(6-9-26(25)36(2)35-29)34-30(41)22-10-13-37(19-22)20-27(40)39-16-14-38(15-17-39)24-7-4-21(5-8-24)28-32-11-3-12-33-28/h4-10,12-13,19,23H,11,14-18,20-21H2,1-3H3,(H2,34,38)(H,37,44);3-9,11-12,18,22H,10,13-17,19-20H2,1-2H3,(H,31,35)(H,34,41)/t23-;22-/m11/s1. The molecule has 87 heavy (non-hydrogen) atoms. The summed E-state index contributed by atoms with van der Waals surface area (Å²) in [6, 6.07) is 31.0. The first-order valence-electron chi connectivity index (χ1n) is 29.6. The van der Waals surface area contributed by atoms with E-state index < -0.39 is 11.7 Å². The number of rotatable bonds is 13. The summed E-state index contributed by atoms with van der Waals surface area (Å²) in [6.45, 7) is 14.2. The number of benzene rings is 4. The highest BCUT2D eigenvalue weighted by molar-refractivity contribution is 6.01. The quantitative estimate of drug-likeness (QED) is 0.101. The maximum Gasteiger partial charge on any atom is 0.435 e. The van der Waals surface area contributed by atoms with Crippen LogP contribution in [0.3, 0.4) is 0 Å². The summed E-state index contributed by atoms with van der Waals surface area (Å²) >= 11 is 0. The third-order valence-electron chi connectivity index (χ3n) is 16.3. The Kier molecular flexibility index (Phi) is 17.7.